The third kappa shape index (κ3) is 5.79. The third-order valence-electron chi connectivity index (χ3n) is 4.24. The summed E-state index contributed by atoms with van der Waals surface area (Å²) in [4.78, 5) is 6.70. The topological polar surface area (TPSA) is 44.6 Å². The van der Waals surface area contributed by atoms with Gasteiger partial charge in [0, 0.05) is 39.1 Å². The summed E-state index contributed by atoms with van der Waals surface area (Å²) in [6, 6.07) is 4.10. The molecule has 1 aliphatic heterocycles. The molecule has 21 heavy (non-hydrogen) atoms. The van der Waals surface area contributed by atoms with Gasteiger partial charge in [0.2, 0.25) is 0 Å². The average Bonchev–Trinajstić information content (AvgIpc) is 3.01. The molecule has 0 aromatic carbocycles. The molecule has 1 aromatic heterocycles. The quantitative estimate of drug-likeness (QED) is 0.615. The Morgan fingerprint density at radius 3 is 2.48 bits per heavy atom. The number of likely N-dealkylation sites (tertiary alicyclic amines) is 1. The molecule has 0 saturated carbocycles. The van der Waals surface area contributed by atoms with Gasteiger partial charge in [-0.1, -0.05) is 0 Å². The molecule has 0 unspecified atom stereocenters. The summed E-state index contributed by atoms with van der Waals surface area (Å²) in [5, 5.41) is 6.79. The number of aliphatic imine (C=N–C) groups is 1. The number of nitrogens with zero attached hydrogens (tertiary/aromatic N) is 3. The maximum Gasteiger partial charge on any atom is 0.191 e. The van der Waals surface area contributed by atoms with E-state index >= 15 is 0 Å². The van der Waals surface area contributed by atoms with Crippen molar-refractivity contribution < 1.29 is 0 Å². The molecule has 1 fully saturated rings. The fraction of sp³-hybridized carbons (Fsp3) is 0.688. The Morgan fingerprint density at radius 2 is 1.81 bits per heavy atom. The Hall–Kier alpha value is -1.49. The molecule has 2 rings (SSSR count). The van der Waals surface area contributed by atoms with Crippen LogP contribution in [0.1, 0.15) is 19.3 Å². The van der Waals surface area contributed by atoms with Gasteiger partial charge in [-0.3, -0.25) is 4.99 Å². The van der Waals surface area contributed by atoms with E-state index in [1.807, 2.05) is 7.05 Å². The van der Waals surface area contributed by atoms with Crippen molar-refractivity contribution in [3.8, 4) is 0 Å². The van der Waals surface area contributed by atoms with Gasteiger partial charge >= 0.3 is 0 Å². The zero-order chi connectivity index (χ0) is 14.9. The fourth-order valence-electron chi connectivity index (χ4n) is 2.79. The van der Waals surface area contributed by atoms with Crippen molar-refractivity contribution in [1.29, 1.82) is 0 Å². The highest BCUT2D eigenvalue weighted by Gasteiger charge is 2.16. The number of nitrogens with one attached hydrogen (secondary N) is 2. The molecular weight excluding hydrogens is 262 g/mol. The van der Waals surface area contributed by atoms with Crippen molar-refractivity contribution in [3.05, 3.63) is 24.5 Å². The van der Waals surface area contributed by atoms with E-state index in [9.17, 15) is 0 Å². The van der Waals surface area contributed by atoms with E-state index in [4.69, 9.17) is 0 Å². The molecule has 118 valence electrons. The highest BCUT2D eigenvalue weighted by atomic mass is 15.2. The summed E-state index contributed by atoms with van der Waals surface area (Å²) in [6.45, 7) is 5.35. The van der Waals surface area contributed by atoms with Crippen LogP contribution >= 0.6 is 0 Å². The number of piperidine rings is 1. The average molecular weight is 291 g/mol. The molecule has 2 heterocycles. The zero-order valence-electron chi connectivity index (χ0n) is 13.4. The second-order valence-electron chi connectivity index (χ2n) is 5.88. The van der Waals surface area contributed by atoms with E-state index in [0.717, 1.165) is 31.5 Å². The Bertz CT molecular complexity index is 404. The smallest absolute Gasteiger partial charge is 0.191 e. The van der Waals surface area contributed by atoms with Gasteiger partial charge < -0.3 is 20.1 Å². The van der Waals surface area contributed by atoms with Gasteiger partial charge in [-0.05, 0) is 57.5 Å². The molecule has 2 N–H and O–H groups in total. The Balaban J connectivity index is 1.57. The van der Waals surface area contributed by atoms with Crippen molar-refractivity contribution in [2.45, 2.75) is 25.8 Å². The van der Waals surface area contributed by atoms with E-state index in [1.54, 1.807) is 0 Å². The maximum atomic E-state index is 4.28. The van der Waals surface area contributed by atoms with E-state index in [2.05, 4.69) is 56.7 Å². The second-order valence-corrected chi connectivity index (χ2v) is 5.88. The predicted molar refractivity (Wildman–Crippen MR) is 88.6 cm³/mol. The molecule has 5 nitrogen and oxygen atoms in total. The molecule has 0 amide bonds. The van der Waals surface area contributed by atoms with Gasteiger partial charge in [0.1, 0.15) is 0 Å². The Morgan fingerprint density at radius 1 is 1.14 bits per heavy atom. The van der Waals surface area contributed by atoms with Crippen molar-refractivity contribution in [1.82, 2.24) is 20.1 Å². The van der Waals surface area contributed by atoms with Crippen LogP contribution in [0.5, 0.6) is 0 Å². The largest absolute Gasteiger partial charge is 0.356 e. The minimum Gasteiger partial charge on any atom is -0.356 e. The molecule has 0 bridgehead atoms. The van der Waals surface area contributed by atoms with Crippen LogP contribution in [-0.4, -0.2) is 55.7 Å². The fourth-order valence-corrected chi connectivity index (χ4v) is 2.79. The van der Waals surface area contributed by atoms with Crippen molar-refractivity contribution in [2.75, 3.05) is 40.3 Å². The molecule has 0 atom stereocenters. The summed E-state index contributed by atoms with van der Waals surface area (Å²) >= 11 is 0. The summed E-state index contributed by atoms with van der Waals surface area (Å²) in [7, 11) is 4.05. The lowest BCUT2D eigenvalue weighted by molar-refractivity contribution is 0.213. The first-order chi connectivity index (χ1) is 10.3. The monoisotopic (exact) mass is 291 g/mol. The van der Waals surface area contributed by atoms with Crippen LogP contribution in [0.3, 0.4) is 0 Å². The Kier molecular flexibility index (Phi) is 6.60. The highest BCUT2D eigenvalue weighted by Crippen LogP contribution is 2.18. The SMILES string of the molecule is CN=C(NCCC1CCN(C)CC1)NCCn1cccc1. The molecule has 1 saturated heterocycles. The van der Waals surface area contributed by atoms with Crippen molar-refractivity contribution in [3.63, 3.8) is 0 Å². The van der Waals surface area contributed by atoms with Crippen LogP contribution in [0.15, 0.2) is 29.5 Å². The molecule has 1 aliphatic rings. The minimum atomic E-state index is 0.867. The molecule has 5 heteroatoms. The number of rotatable bonds is 6. The van der Waals surface area contributed by atoms with Crippen molar-refractivity contribution >= 4 is 5.96 Å². The van der Waals surface area contributed by atoms with Crippen LogP contribution in [0.25, 0.3) is 0 Å². The summed E-state index contributed by atoms with van der Waals surface area (Å²) < 4.78 is 2.17. The highest BCUT2D eigenvalue weighted by molar-refractivity contribution is 5.79. The van der Waals surface area contributed by atoms with E-state index in [0.29, 0.717) is 0 Å². The lowest BCUT2D eigenvalue weighted by Crippen LogP contribution is -2.40. The van der Waals surface area contributed by atoms with Gasteiger partial charge in [0.05, 0.1) is 0 Å². The van der Waals surface area contributed by atoms with Gasteiger partial charge in [-0.25, -0.2) is 0 Å². The third-order valence-corrected chi connectivity index (χ3v) is 4.24. The number of hydrogen-bond acceptors (Lipinski definition) is 2. The Labute approximate surface area is 128 Å². The van der Waals surface area contributed by atoms with Crippen LogP contribution in [0.4, 0.5) is 0 Å². The number of aromatic nitrogens is 1. The zero-order valence-corrected chi connectivity index (χ0v) is 13.4. The first-order valence-corrected chi connectivity index (χ1v) is 8.01. The first-order valence-electron chi connectivity index (χ1n) is 8.01. The molecule has 1 aromatic rings. The minimum absolute atomic E-state index is 0.867. The molecule has 0 aliphatic carbocycles. The van der Waals surface area contributed by atoms with Crippen LogP contribution in [-0.2, 0) is 6.54 Å². The van der Waals surface area contributed by atoms with E-state index < -0.39 is 0 Å². The lowest BCUT2D eigenvalue weighted by Gasteiger charge is -2.29. The standard InChI is InChI=1S/C16H29N5/c1-17-16(19-9-14-21-10-3-4-11-21)18-8-5-15-6-12-20(2)13-7-15/h3-4,10-11,15H,5-9,12-14H2,1-2H3,(H2,17,18,19). The van der Waals surface area contributed by atoms with Gasteiger partial charge in [0.25, 0.3) is 0 Å². The van der Waals surface area contributed by atoms with Gasteiger partial charge in [0.15, 0.2) is 5.96 Å². The van der Waals surface area contributed by atoms with Crippen LogP contribution in [0.2, 0.25) is 0 Å². The van der Waals surface area contributed by atoms with Crippen LogP contribution < -0.4 is 10.6 Å². The van der Waals surface area contributed by atoms with Gasteiger partial charge in [-0.15, -0.1) is 0 Å². The predicted octanol–water partition coefficient (Wildman–Crippen LogP) is 1.39. The second kappa shape index (κ2) is 8.72. The summed E-state index contributed by atoms with van der Waals surface area (Å²) in [5.74, 6) is 1.78. The normalized spacial score (nSPS) is 17.9. The maximum absolute atomic E-state index is 4.28. The molecule has 0 radical (unpaired) electrons. The summed E-state index contributed by atoms with van der Waals surface area (Å²) in [6.07, 6.45) is 8.07. The van der Waals surface area contributed by atoms with Gasteiger partial charge in [-0.2, -0.15) is 0 Å². The van der Waals surface area contributed by atoms with E-state index in [1.165, 1.54) is 32.4 Å². The van der Waals surface area contributed by atoms with Crippen LogP contribution in [0, 0.1) is 5.92 Å². The van der Waals surface area contributed by atoms with E-state index in [-0.39, 0.29) is 0 Å². The number of hydrogen-bond donors (Lipinski definition) is 2. The molecular formula is C16H29N5. The van der Waals surface area contributed by atoms with Crippen molar-refractivity contribution in [2.24, 2.45) is 10.9 Å². The molecule has 0 spiro atoms. The first kappa shape index (κ1) is 15.9. The summed E-state index contributed by atoms with van der Waals surface area (Å²) in [5.41, 5.74) is 0. The lowest BCUT2D eigenvalue weighted by atomic mass is 9.94. The number of guanidine groups is 1.